The van der Waals surface area contributed by atoms with E-state index in [9.17, 15) is 51.6 Å². The lowest BCUT2D eigenvalue weighted by molar-refractivity contribution is -0.175. The fraction of sp³-hybridized carbons (Fsp3) is 0.568. The van der Waals surface area contributed by atoms with E-state index in [1.54, 1.807) is 26.0 Å². The first-order valence-electron chi connectivity index (χ1n) is 22.2. The van der Waals surface area contributed by atoms with E-state index >= 15 is 0 Å². The van der Waals surface area contributed by atoms with Crippen molar-refractivity contribution in [2.75, 3.05) is 33.3 Å². The highest BCUT2D eigenvalue weighted by Gasteiger charge is 2.43. The van der Waals surface area contributed by atoms with Gasteiger partial charge in [-0.1, -0.05) is 76.1 Å². The number of cyclic esters (lactones) is 2. The minimum atomic E-state index is -4.88. The van der Waals surface area contributed by atoms with Gasteiger partial charge in [-0.15, -0.1) is 0 Å². The fourth-order valence-electron chi connectivity index (χ4n) is 5.93. The Hall–Kier alpha value is -6.60. The Morgan fingerprint density at radius 1 is 0.957 bits per heavy atom. The average Bonchev–Trinajstić information content (AvgIpc) is 3.27. The molecule has 0 aromatic heterocycles. The second-order valence-corrected chi connectivity index (χ2v) is 17.5. The molecule has 1 heterocycles. The number of carbonyl (C=O) groups is 9. The van der Waals surface area contributed by atoms with Crippen LogP contribution in [0.15, 0.2) is 60.4 Å². The first-order chi connectivity index (χ1) is 32.4. The molecule has 0 bridgehead atoms. The van der Waals surface area contributed by atoms with E-state index in [4.69, 9.17) is 24.5 Å². The van der Waals surface area contributed by atoms with Gasteiger partial charge in [-0.2, -0.15) is 8.42 Å². The number of unbranched alkanes of at least 4 members (excludes halogenated alkanes) is 2. The van der Waals surface area contributed by atoms with Crippen LogP contribution in [0.3, 0.4) is 0 Å². The zero-order valence-electron chi connectivity index (χ0n) is 40.1. The van der Waals surface area contributed by atoms with E-state index in [1.165, 1.54) is 44.8 Å². The van der Waals surface area contributed by atoms with E-state index in [0.29, 0.717) is 6.42 Å². The van der Waals surface area contributed by atoms with Crippen molar-refractivity contribution in [3.05, 3.63) is 60.4 Å². The van der Waals surface area contributed by atoms with Crippen molar-refractivity contribution < 1.29 is 70.3 Å². The van der Waals surface area contributed by atoms with Gasteiger partial charge in [-0.25, -0.2) is 14.3 Å². The Morgan fingerprint density at radius 2 is 1.64 bits per heavy atom. The summed E-state index contributed by atoms with van der Waals surface area (Å²) < 4.78 is 49.3. The SMILES string of the molecule is C/C=C1/NC(=O)/C=C/[C@@H](C(C)C)OC(=O)C(C)(C)C(C[C@H](/C=C/C=C/C/C=C\CCCC)OC)OC(=O)CNC(=O)C(CNC(N)=O)NC(=O)CNC(=O)[C@@H](CCCNC(=O)NS(=O)(=O)O)NC1=O. The molecule has 0 aromatic carbocycles. The maximum absolute atomic E-state index is 14.1. The number of amides is 9. The zero-order valence-corrected chi connectivity index (χ0v) is 40.9. The van der Waals surface area contributed by atoms with Gasteiger partial charge in [0, 0.05) is 32.7 Å². The number of allylic oxidation sites excluding steroid dienone is 6. The Bertz CT molecular complexity index is 2050. The van der Waals surface area contributed by atoms with Crippen molar-refractivity contribution in [3.8, 4) is 0 Å². The summed E-state index contributed by atoms with van der Waals surface area (Å²) in [6, 6.07) is -5.42. The number of nitrogens with two attached hydrogens (primary N) is 1. The van der Waals surface area contributed by atoms with Crippen LogP contribution in [0.1, 0.15) is 86.5 Å². The van der Waals surface area contributed by atoms with Gasteiger partial charge in [0.1, 0.15) is 36.5 Å². The first kappa shape index (κ1) is 60.4. The van der Waals surface area contributed by atoms with Gasteiger partial charge in [0.25, 0.3) is 5.91 Å². The van der Waals surface area contributed by atoms with Gasteiger partial charge in [0.15, 0.2) is 0 Å². The van der Waals surface area contributed by atoms with Gasteiger partial charge in [-0.3, -0.25) is 38.1 Å². The third-order valence-electron chi connectivity index (χ3n) is 9.98. The molecule has 0 saturated heterocycles. The quantitative estimate of drug-likeness (QED) is 0.0223. The number of nitrogens with one attached hydrogen (secondary N) is 8. The highest BCUT2D eigenvalue weighted by atomic mass is 32.2. The Balaban J connectivity index is 3.63. The molecule has 2 unspecified atom stereocenters. The topological polar surface area (TPSA) is 358 Å². The van der Waals surface area contributed by atoms with Crippen molar-refractivity contribution >= 4 is 63.8 Å². The van der Waals surface area contributed by atoms with Crippen molar-refractivity contribution in [2.45, 2.75) is 117 Å². The number of esters is 2. The fourth-order valence-corrected chi connectivity index (χ4v) is 6.24. The van der Waals surface area contributed by atoms with Crippen molar-refractivity contribution in [2.24, 2.45) is 17.1 Å². The van der Waals surface area contributed by atoms with E-state index < -0.39 is 125 Å². The number of urea groups is 2. The standard InChI is InChI=1S/C44H69N9O15S/c1-8-10-11-12-13-14-15-16-17-19-29(66-7)24-34-44(5,6)41(60)67-33(28(3)4)21-22-35(54)50-30(9-2)40(59)52-31(20-18-23-46-43(62)53-69(63,64)65)38(57)47-26-36(55)51-32(25-49-42(45)61)39(58)48-27-37(56)68-34/h9,12-13,15-17,19,21-22,28-29,31-34H,8,10-11,14,18,20,23-27H2,1-7H3,(H,47,57)(H,48,58)(H,50,54)(H,51,55)(H,52,59)(H3,45,49,61)(H2,46,53,62)(H,63,64,65)/b13-12-,16-15+,19-17+,22-21+,30-9+/t29-,31+,32?,33-,34?/m0/s1. The summed E-state index contributed by atoms with van der Waals surface area (Å²) in [4.78, 5) is 117. The smallest absolute Gasteiger partial charge is 0.361 e. The molecule has 9 amide bonds. The molecule has 11 N–H and O–H groups in total. The van der Waals surface area contributed by atoms with E-state index in [1.807, 2.05) is 12.2 Å². The molecule has 0 fully saturated rings. The molecule has 69 heavy (non-hydrogen) atoms. The Labute approximate surface area is 402 Å². The van der Waals surface area contributed by atoms with Crippen LogP contribution in [0.5, 0.6) is 0 Å². The van der Waals surface area contributed by atoms with E-state index in [0.717, 1.165) is 25.3 Å². The third-order valence-corrected chi connectivity index (χ3v) is 10.4. The summed E-state index contributed by atoms with van der Waals surface area (Å²) in [5.74, 6) is -7.06. The van der Waals surface area contributed by atoms with Gasteiger partial charge in [-0.05, 0) is 58.4 Å². The molecule has 0 aliphatic carbocycles. The van der Waals surface area contributed by atoms with Crippen molar-refractivity contribution in [3.63, 3.8) is 0 Å². The average molecular weight is 996 g/mol. The van der Waals surface area contributed by atoms with Crippen LogP contribution < -0.4 is 47.7 Å². The predicted molar refractivity (Wildman–Crippen MR) is 251 cm³/mol. The molecule has 1 rings (SSSR count). The summed E-state index contributed by atoms with van der Waals surface area (Å²) >= 11 is 0. The van der Waals surface area contributed by atoms with Crippen LogP contribution in [0.2, 0.25) is 0 Å². The molecule has 1 aliphatic rings. The highest BCUT2D eigenvalue weighted by Crippen LogP contribution is 2.31. The normalized spacial score (nSPS) is 22.4. The van der Waals surface area contributed by atoms with Crippen LogP contribution in [0, 0.1) is 11.3 Å². The molecule has 5 atom stereocenters. The maximum atomic E-state index is 14.1. The Kier molecular flexibility index (Phi) is 27.5. The monoisotopic (exact) mass is 995 g/mol. The molecule has 0 spiro atoms. The molecule has 386 valence electrons. The number of rotatable bonds is 18. The number of carbonyl (C=O) groups excluding carboxylic acids is 9. The molecular weight excluding hydrogens is 927 g/mol. The molecule has 24 nitrogen and oxygen atoms in total. The van der Waals surface area contributed by atoms with Crippen LogP contribution in [-0.2, 0) is 58.1 Å². The van der Waals surface area contributed by atoms with Crippen molar-refractivity contribution in [1.29, 1.82) is 0 Å². The van der Waals surface area contributed by atoms with E-state index in [-0.39, 0.29) is 31.5 Å². The van der Waals surface area contributed by atoms with Gasteiger partial charge in [0.2, 0.25) is 23.6 Å². The van der Waals surface area contributed by atoms with Crippen molar-refractivity contribution in [1.82, 2.24) is 41.9 Å². The Morgan fingerprint density at radius 3 is 2.26 bits per heavy atom. The molecule has 0 aromatic rings. The lowest BCUT2D eigenvalue weighted by Crippen LogP contribution is -2.56. The molecular formula is C44H69N9O15S. The number of ether oxygens (including phenoxy) is 3. The van der Waals surface area contributed by atoms with Gasteiger partial charge >= 0.3 is 34.3 Å². The molecule has 0 saturated carbocycles. The number of hydrogen-bond donors (Lipinski definition) is 10. The molecule has 25 heteroatoms. The van der Waals surface area contributed by atoms with Crippen LogP contribution in [-0.4, -0.2) is 130 Å². The minimum absolute atomic E-state index is 0.0722. The third kappa shape index (κ3) is 25.4. The van der Waals surface area contributed by atoms with E-state index in [2.05, 4.69) is 56.3 Å². The highest BCUT2D eigenvalue weighted by molar-refractivity contribution is 7.84. The number of primary amides is 1. The summed E-state index contributed by atoms with van der Waals surface area (Å²) in [7, 11) is -3.45. The first-order valence-corrected chi connectivity index (χ1v) is 23.7. The molecule has 0 radical (unpaired) electrons. The van der Waals surface area contributed by atoms with Gasteiger partial charge in [0.05, 0.1) is 18.1 Å². The number of methoxy groups -OCH3 is 1. The largest absolute Gasteiger partial charge is 0.460 e. The lowest BCUT2D eigenvalue weighted by Gasteiger charge is -2.34. The predicted octanol–water partition coefficient (Wildman–Crippen LogP) is 0.489. The second-order valence-electron chi connectivity index (χ2n) is 16.3. The van der Waals surface area contributed by atoms with Crippen LogP contribution >= 0.6 is 0 Å². The lowest BCUT2D eigenvalue weighted by atomic mass is 9.83. The second kappa shape index (κ2) is 31.4. The van der Waals surface area contributed by atoms with Gasteiger partial charge < -0.3 is 57.2 Å². The molecule has 1 aliphatic heterocycles. The maximum Gasteiger partial charge on any atom is 0.361 e. The van der Waals surface area contributed by atoms with Crippen LogP contribution in [0.25, 0.3) is 0 Å². The zero-order chi connectivity index (χ0) is 52.2. The van der Waals surface area contributed by atoms with Crippen LogP contribution in [0.4, 0.5) is 9.59 Å². The number of hydrogen-bond acceptors (Lipinski definition) is 14. The minimum Gasteiger partial charge on any atom is -0.460 e. The summed E-state index contributed by atoms with van der Waals surface area (Å²) in [5.41, 5.74) is 3.26. The summed E-state index contributed by atoms with van der Waals surface area (Å²) in [6.07, 6.45) is 15.4. The summed E-state index contributed by atoms with van der Waals surface area (Å²) in [6.45, 7) is 7.43. The summed E-state index contributed by atoms with van der Waals surface area (Å²) in [5, 5.41) is 16.0.